The number of nitrogens with one attached hydrogen (secondary N) is 2. The van der Waals surface area contributed by atoms with Crippen LogP contribution in [0.3, 0.4) is 0 Å². The summed E-state index contributed by atoms with van der Waals surface area (Å²) >= 11 is 1.51. The molecule has 0 fully saturated rings. The zero-order valence-corrected chi connectivity index (χ0v) is 17.0. The number of hydrogen-bond donors (Lipinski definition) is 4. The van der Waals surface area contributed by atoms with Crippen molar-refractivity contribution in [2.24, 2.45) is 5.73 Å². The Balaban J connectivity index is 0.00000364. The fourth-order valence-corrected chi connectivity index (χ4v) is 2.99. The maximum Gasteiger partial charge on any atom is 0.330 e. The second-order valence-corrected chi connectivity index (χ2v) is 6.83. The normalized spacial score (nSPS) is 11.4. The first kappa shape index (κ1) is 22.7. The van der Waals surface area contributed by atoms with Crippen molar-refractivity contribution < 1.29 is 14.6 Å². The number of nitrogen functional groups attached to an aromatic ring is 1. The molecule has 0 saturated heterocycles. The smallest absolute Gasteiger partial charge is 0.330 e. The molecule has 2 aromatic rings. The zero-order chi connectivity index (χ0) is 19.3. The summed E-state index contributed by atoms with van der Waals surface area (Å²) in [7, 11) is 0. The van der Waals surface area contributed by atoms with Crippen LogP contribution in [0, 0.1) is 5.41 Å². The molecular formula is C19H24ClN3O3S. The molecule has 0 aliphatic carbocycles. The van der Waals surface area contributed by atoms with Crippen LogP contribution in [-0.2, 0) is 4.79 Å². The lowest BCUT2D eigenvalue weighted by molar-refractivity contribution is -0.138. The van der Waals surface area contributed by atoms with Gasteiger partial charge in [0.05, 0.1) is 6.10 Å². The van der Waals surface area contributed by atoms with Crippen LogP contribution in [0.15, 0.2) is 47.4 Å². The van der Waals surface area contributed by atoms with E-state index in [0.29, 0.717) is 16.8 Å². The van der Waals surface area contributed by atoms with Gasteiger partial charge in [-0.05, 0) is 62.1 Å². The van der Waals surface area contributed by atoms with Gasteiger partial charge in [-0.3, -0.25) is 5.41 Å². The molecule has 2 rings (SSSR count). The number of carboxylic acid groups (broad SMARTS) is 1. The predicted molar refractivity (Wildman–Crippen MR) is 113 cm³/mol. The minimum atomic E-state index is -0.981. The molecule has 0 bridgehead atoms. The van der Waals surface area contributed by atoms with Gasteiger partial charge < -0.3 is 20.9 Å². The number of halogens is 1. The third-order valence-electron chi connectivity index (χ3n) is 3.64. The summed E-state index contributed by atoms with van der Waals surface area (Å²) in [6.07, 6.45) is 1.97. The van der Waals surface area contributed by atoms with Gasteiger partial charge in [0.15, 0.2) is 6.04 Å². The number of anilines is 1. The molecule has 2 aromatic carbocycles. The highest BCUT2D eigenvalue weighted by molar-refractivity contribution is 7.98. The van der Waals surface area contributed by atoms with E-state index in [0.717, 1.165) is 10.6 Å². The highest BCUT2D eigenvalue weighted by Gasteiger charge is 2.21. The van der Waals surface area contributed by atoms with E-state index in [1.54, 1.807) is 36.4 Å². The summed E-state index contributed by atoms with van der Waals surface area (Å²) in [4.78, 5) is 12.7. The Labute approximate surface area is 169 Å². The van der Waals surface area contributed by atoms with E-state index in [2.05, 4.69) is 5.32 Å². The summed E-state index contributed by atoms with van der Waals surface area (Å²) in [6, 6.07) is 11.3. The molecule has 0 aliphatic rings. The van der Waals surface area contributed by atoms with Crippen LogP contribution in [0.25, 0.3) is 0 Å². The van der Waals surface area contributed by atoms with Gasteiger partial charge in [-0.2, -0.15) is 0 Å². The highest BCUT2D eigenvalue weighted by atomic mass is 35.5. The monoisotopic (exact) mass is 409 g/mol. The molecule has 0 heterocycles. The van der Waals surface area contributed by atoms with Crippen molar-refractivity contribution in [3.05, 3.63) is 53.6 Å². The number of hydrogen-bond acceptors (Lipinski definition) is 5. The number of benzene rings is 2. The largest absolute Gasteiger partial charge is 0.490 e. The number of ether oxygens (including phenoxy) is 1. The molecule has 0 aliphatic heterocycles. The topological polar surface area (TPSA) is 108 Å². The molecule has 0 saturated carbocycles. The molecule has 0 radical (unpaired) electrons. The second-order valence-electron chi connectivity index (χ2n) is 5.98. The van der Waals surface area contributed by atoms with E-state index in [1.807, 2.05) is 26.2 Å². The molecule has 5 N–H and O–H groups in total. The average Bonchev–Trinajstić information content (AvgIpc) is 2.59. The number of rotatable bonds is 8. The van der Waals surface area contributed by atoms with Crippen LogP contribution in [0.1, 0.15) is 31.0 Å². The average molecular weight is 410 g/mol. The lowest BCUT2D eigenvalue weighted by Gasteiger charge is -2.19. The lowest BCUT2D eigenvalue weighted by Crippen LogP contribution is -2.21. The summed E-state index contributed by atoms with van der Waals surface area (Å²) < 4.78 is 5.76. The second kappa shape index (κ2) is 10.1. The van der Waals surface area contributed by atoms with Crippen molar-refractivity contribution in [2.75, 3.05) is 11.6 Å². The van der Waals surface area contributed by atoms with Crippen molar-refractivity contribution in [1.82, 2.24) is 0 Å². The van der Waals surface area contributed by atoms with E-state index < -0.39 is 12.0 Å². The predicted octanol–water partition coefficient (Wildman–Crippen LogP) is 4.14. The van der Waals surface area contributed by atoms with Crippen molar-refractivity contribution in [3.8, 4) is 5.75 Å². The molecule has 0 spiro atoms. The molecule has 6 nitrogen and oxygen atoms in total. The molecular weight excluding hydrogens is 386 g/mol. The lowest BCUT2D eigenvalue weighted by atomic mass is 10.1. The molecule has 146 valence electrons. The Morgan fingerprint density at radius 3 is 2.33 bits per heavy atom. The minimum absolute atomic E-state index is 0. The Morgan fingerprint density at radius 1 is 1.22 bits per heavy atom. The van der Waals surface area contributed by atoms with Crippen LogP contribution in [-0.4, -0.2) is 29.3 Å². The molecule has 8 heteroatoms. The standard InChI is InChI=1S/C19H23N3O3S.ClH/c1-11(2)25-15-9-6-13(10-16(15)26-3)17(19(23)24)22-14-7-4-12(5-8-14)18(20)21;/h4-11,17,22H,1-3H3,(H3,20,21)(H,23,24);1H. The van der Waals surface area contributed by atoms with Crippen molar-refractivity contribution >= 4 is 41.7 Å². The van der Waals surface area contributed by atoms with Gasteiger partial charge in [0.25, 0.3) is 0 Å². The van der Waals surface area contributed by atoms with Gasteiger partial charge >= 0.3 is 5.97 Å². The first-order valence-electron chi connectivity index (χ1n) is 8.10. The van der Waals surface area contributed by atoms with Crippen molar-refractivity contribution in [2.45, 2.75) is 30.9 Å². The van der Waals surface area contributed by atoms with Crippen LogP contribution in [0.2, 0.25) is 0 Å². The van der Waals surface area contributed by atoms with Gasteiger partial charge in [0.1, 0.15) is 11.6 Å². The number of carbonyl (C=O) groups is 1. The summed E-state index contributed by atoms with van der Waals surface area (Å²) in [6.45, 7) is 3.90. The zero-order valence-electron chi connectivity index (χ0n) is 15.4. The first-order chi connectivity index (χ1) is 12.3. The number of nitrogens with two attached hydrogens (primary N) is 1. The van der Waals surface area contributed by atoms with Crippen LogP contribution >= 0.6 is 24.2 Å². The van der Waals surface area contributed by atoms with E-state index in [4.69, 9.17) is 15.9 Å². The fourth-order valence-electron chi connectivity index (χ4n) is 2.42. The van der Waals surface area contributed by atoms with Crippen LogP contribution in [0.5, 0.6) is 5.75 Å². The highest BCUT2D eigenvalue weighted by Crippen LogP contribution is 2.32. The molecule has 1 unspecified atom stereocenters. The van der Waals surface area contributed by atoms with E-state index in [1.165, 1.54) is 11.8 Å². The molecule has 0 aromatic heterocycles. The van der Waals surface area contributed by atoms with Crippen LogP contribution in [0.4, 0.5) is 5.69 Å². The maximum absolute atomic E-state index is 11.8. The quantitative estimate of drug-likeness (QED) is 0.296. The Bertz CT molecular complexity index is 797. The Morgan fingerprint density at radius 2 is 1.85 bits per heavy atom. The Kier molecular flexibility index (Phi) is 8.46. The maximum atomic E-state index is 11.8. The minimum Gasteiger partial charge on any atom is -0.490 e. The van der Waals surface area contributed by atoms with E-state index in [-0.39, 0.29) is 24.3 Å². The molecule has 27 heavy (non-hydrogen) atoms. The number of amidine groups is 1. The SMILES string of the molecule is CSc1cc(C(Nc2ccc(C(=N)N)cc2)C(=O)O)ccc1OC(C)C.Cl. The van der Waals surface area contributed by atoms with Gasteiger partial charge in [0, 0.05) is 16.1 Å². The summed E-state index contributed by atoms with van der Waals surface area (Å²) in [5.41, 5.74) is 7.29. The molecule has 0 amide bonds. The van der Waals surface area contributed by atoms with Gasteiger partial charge in [0.2, 0.25) is 0 Å². The van der Waals surface area contributed by atoms with E-state index in [9.17, 15) is 9.90 Å². The number of thioether (sulfide) groups is 1. The number of carboxylic acids is 1. The summed E-state index contributed by atoms with van der Waals surface area (Å²) in [5.74, 6) is -0.270. The van der Waals surface area contributed by atoms with Gasteiger partial charge in [-0.1, -0.05) is 6.07 Å². The van der Waals surface area contributed by atoms with E-state index >= 15 is 0 Å². The van der Waals surface area contributed by atoms with Crippen molar-refractivity contribution in [1.29, 1.82) is 5.41 Å². The summed E-state index contributed by atoms with van der Waals surface area (Å²) in [5, 5.41) is 20.1. The number of aliphatic carboxylic acids is 1. The first-order valence-corrected chi connectivity index (χ1v) is 9.32. The molecule has 1 atom stereocenters. The third-order valence-corrected chi connectivity index (χ3v) is 4.40. The third kappa shape index (κ3) is 6.08. The van der Waals surface area contributed by atoms with Gasteiger partial charge in [-0.15, -0.1) is 24.2 Å². The Hall–Kier alpha value is -2.38. The van der Waals surface area contributed by atoms with Crippen LogP contribution < -0.4 is 15.8 Å². The van der Waals surface area contributed by atoms with Gasteiger partial charge in [-0.25, -0.2) is 4.79 Å². The fraction of sp³-hybridized carbons (Fsp3) is 0.263. The van der Waals surface area contributed by atoms with Crippen molar-refractivity contribution in [3.63, 3.8) is 0 Å².